The van der Waals surface area contributed by atoms with Crippen LogP contribution in [0, 0.1) is 0 Å². The molecular weight excluding hydrogens is 170 g/mol. The van der Waals surface area contributed by atoms with Crippen LogP contribution in [0.5, 0.6) is 0 Å². The highest BCUT2D eigenvalue weighted by Crippen LogP contribution is 2.31. The molecule has 0 aromatic carbocycles. The second kappa shape index (κ2) is 4.28. The molecule has 1 aliphatic rings. The summed E-state index contributed by atoms with van der Waals surface area (Å²) in [5.41, 5.74) is -0.418. The molecule has 4 heteroatoms. The molecule has 0 radical (unpaired) electrons. The van der Waals surface area contributed by atoms with Crippen LogP contribution in [0.4, 0.5) is 4.79 Å². The number of aliphatic hydroxyl groups is 1. The van der Waals surface area contributed by atoms with E-state index in [9.17, 15) is 4.79 Å². The molecule has 1 fully saturated rings. The van der Waals surface area contributed by atoms with Crippen LogP contribution in [0.2, 0.25) is 0 Å². The van der Waals surface area contributed by atoms with Gasteiger partial charge in [-0.25, -0.2) is 4.79 Å². The molecule has 0 saturated heterocycles. The number of carbonyl (C=O) groups excluding carboxylic acids is 1. The predicted octanol–water partition coefficient (Wildman–Crippen LogP) is 0.814. The maximum Gasteiger partial charge on any atom is 0.407 e. The summed E-state index contributed by atoms with van der Waals surface area (Å²) in [4.78, 5) is 11.1. The summed E-state index contributed by atoms with van der Waals surface area (Å²) in [5.74, 6) is 0. The third-order valence-corrected chi connectivity index (χ3v) is 2.31. The van der Waals surface area contributed by atoms with E-state index in [1.807, 2.05) is 0 Å². The molecule has 1 saturated carbocycles. The fraction of sp³-hybridized carbons (Fsp3) is 0.667. The molecule has 0 spiro atoms. The van der Waals surface area contributed by atoms with Crippen molar-refractivity contribution in [3.63, 3.8) is 0 Å². The largest absolute Gasteiger partial charge is 0.445 e. The van der Waals surface area contributed by atoms with E-state index in [1.165, 1.54) is 6.08 Å². The van der Waals surface area contributed by atoms with Crippen molar-refractivity contribution in [1.82, 2.24) is 5.32 Å². The van der Waals surface area contributed by atoms with Gasteiger partial charge in [-0.15, -0.1) is 0 Å². The first-order chi connectivity index (χ1) is 6.22. The molecule has 74 valence electrons. The lowest BCUT2D eigenvalue weighted by Gasteiger charge is -2.40. The molecule has 0 heterocycles. The number of carbonyl (C=O) groups is 1. The zero-order valence-electron chi connectivity index (χ0n) is 7.58. The summed E-state index contributed by atoms with van der Waals surface area (Å²) in [6.45, 7) is 3.61. The van der Waals surface area contributed by atoms with Gasteiger partial charge in [-0.05, 0) is 19.3 Å². The SMILES string of the molecule is C=CCOC(=O)NC1(CO)CCC1. The first-order valence-corrected chi connectivity index (χ1v) is 4.39. The zero-order valence-corrected chi connectivity index (χ0v) is 7.58. The highest BCUT2D eigenvalue weighted by atomic mass is 16.5. The minimum atomic E-state index is -0.478. The van der Waals surface area contributed by atoms with Crippen LogP contribution in [0.3, 0.4) is 0 Å². The number of hydrogen-bond donors (Lipinski definition) is 2. The number of hydrogen-bond acceptors (Lipinski definition) is 3. The number of amides is 1. The molecular formula is C9H15NO3. The lowest BCUT2D eigenvalue weighted by molar-refractivity contribution is 0.0748. The zero-order chi connectivity index (χ0) is 9.73. The molecule has 0 aromatic heterocycles. The van der Waals surface area contributed by atoms with Gasteiger partial charge in [-0.2, -0.15) is 0 Å². The predicted molar refractivity (Wildman–Crippen MR) is 48.3 cm³/mol. The quantitative estimate of drug-likeness (QED) is 0.637. The van der Waals surface area contributed by atoms with E-state index in [4.69, 9.17) is 9.84 Å². The topological polar surface area (TPSA) is 58.6 Å². The van der Waals surface area contributed by atoms with E-state index in [2.05, 4.69) is 11.9 Å². The van der Waals surface area contributed by atoms with Crippen LogP contribution in [0.1, 0.15) is 19.3 Å². The lowest BCUT2D eigenvalue weighted by Crippen LogP contribution is -2.56. The fourth-order valence-electron chi connectivity index (χ4n) is 1.31. The number of aliphatic hydroxyl groups excluding tert-OH is 1. The Morgan fingerprint density at radius 1 is 1.69 bits per heavy atom. The van der Waals surface area contributed by atoms with Crippen LogP contribution < -0.4 is 5.32 Å². The van der Waals surface area contributed by atoms with Gasteiger partial charge in [0.15, 0.2) is 0 Å². The Hall–Kier alpha value is -1.03. The Morgan fingerprint density at radius 2 is 2.38 bits per heavy atom. The van der Waals surface area contributed by atoms with Crippen LogP contribution in [-0.4, -0.2) is 30.0 Å². The van der Waals surface area contributed by atoms with Crippen LogP contribution in [0.15, 0.2) is 12.7 Å². The van der Waals surface area contributed by atoms with E-state index >= 15 is 0 Å². The van der Waals surface area contributed by atoms with Gasteiger partial charge in [0.05, 0.1) is 12.1 Å². The van der Waals surface area contributed by atoms with Gasteiger partial charge in [0, 0.05) is 0 Å². The summed E-state index contributed by atoms with van der Waals surface area (Å²) in [5, 5.41) is 11.7. The van der Waals surface area contributed by atoms with Crippen molar-refractivity contribution in [1.29, 1.82) is 0 Å². The van der Waals surface area contributed by atoms with Crippen molar-refractivity contribution in [2.75, 3.05) is 13.2 Å². The monoisotopic (exact) mass is 185 g/mol. The number of alkyl carbamates (subject to hydrolysis) is 1. The van der Waals surface area contributed by atoms with Crippen molar-refractivity contribution in [3.05, 3.63) is 12.7 Å². The van der Waals surface area contributed by atoms with Crippen LogP contribution in [-0.2, 0) is 4.74 Å². The number of rotatable bonds is 4. The Balaban J connectivity index is 2.29. The number of nitrogens with one attached hydrogen (secondary N) is 1. The third-order valence-electron chi connectivity index (χ3n) is 2.31. The van der Waals surface area contributed by atoms with E-state index in [0.29, 0.717) is 0 Å². The Kier molecular flexibility index (Phi) is 3.31. The van der Waals surface area contributed by atoms with Gasteiger partial charge in [0.1, 0.15) is 6.61 Å². The molecule has 0 bridgehead atoms. The molecule has 4 nitrogen and oxygen atoms in total. The molecule has 13 heavy (non-hydrogen) atoms. The summed E-state index contributed by atoms with van der Waals surface area (Å²) in [6.07, 6.45) is 3.72. The van der Waals surface area contributed by atoms with Gasteiger partial charge >= 0.3 is 6.09 Å². The summed E-state index contributed by atoms with van der Waals surface area (Å²) < 4.78 is 4.75. The fourth-order valence-corrected chi connectivity index (χ4v) is 1.31. The Labute approximate surface area is 77.6 Å². The average Bonchev–Trinajstić information content (AvgIpc) is 2.08. The van der Waals surface area contributed by atoms with Crippen molar-refractivity contribution in [2.45, 2.75) is 24.8 Å². The first kappa shape index (κ1) is 10.1. The second-order valence-corrected chi connectivity index (χ2v) is 3.30. The lowest BCUT2D eigenvalue weighted by atomic mass is 9.77. The molecule has 2 N–H and O–H groups in total. The first-order valence-electron chi connectivity index (χ1n) is 4.39. The minimum absolute atomic E-state index is 0.0177. The highest BCUT2D eigenvalue weighted by Gasteiger charge is 2.38. The molecule has 0 aliphatic heterocycles. The van der Waals surface area contributed by atoms with Gasteiger partial charge in [0.2, 0.25) is 0 Å². The Bertz CT molecular complexity index is 194. The Morgan fingerprint density at radius 3 is 2.77 bits per heavy atom. The maximum atomic E-state index is 11.1. The van der Waals surface area contributed by atoms with Crippen molar-refractivity contribution in [3.8, 4) is 0 Å². The average molecular weight is 185 g/mol. The van der Waals surface area contributed by atoms with Crippen LogP contribution in [0.25, 0.3) is 0 Å². The summed E-state index contributed by atoms with van der Waals surface area (Å²) in [7, 11) is 0. The van der Waals surface area contributed by atoms with E-state index in [1.54, 1.807) is 0 Å². The summed E-state index contributed by atoms with van der Waals surface area (Å²) >= 11 is 0. The second-order valence-electron chi connectivity index (χ2n) is 3.30. The van der Waals surface area contributed by atoms with Gasteiger partial charge in [-0.3, -0.25) is 0 Å². The van der Waals surface area contributed by atoms with Gasteiger partial charge in [0.25, 0.3) is 0 Å². The maximum absolute atomic E-state index is 11.1. The summed E-state index contributed by atoms with van der Waals surface area (Å²) in [6, 6.07) is 0. The molecule has 1 rings (SSSR count). The van der Waals surface area contributed by atoms with Crippen molar-refractivity contribution in [2.24, 2.45) is 0 Å². The number of ether oxygens (including phenoxy) is 1. The third kappa shape index (κ3) is 2.45. The molecule has 0 atom stereocenters. The normalized spacial score (nSPS) is 18.5. The van der Waals surface area contributed by atoms with Crippen molar-refractivity contribution < 1.29 is 14.6 Å². The van der Waals surface area contributed by atoms with Crippen LogP contribution >= 0.6 is 0 Å². The molecule has 1 amide bonds. The standard InChI is InChI=1S/C9H15NO3/c1-2-6-13-8(12)10-9(7-11)4-3-5-9/h2,11H,1,3-7H2,(H,10,12). The molecule has 1 aliphatic carbocycles. The van der Waals surface area contributed by atoms with E-state index < -0.39 is 11.6 Å². The molecule has 0 aromatic rings. The minimum Gasteiger partial charge on any atom is -0.445 e. The van der Waals surface area contributed by atoms with E-state index in [0.717, 1.165) is 19.3 Å². The van der Waals surface area contributed by atoms with E-state index in [-0.39, 0.29) is 13.2 Å². The smallest absolute Gasteiger partial charge is 0.407 e. The van der Waals surface area contributed by atoms with Crippen molar-refractivity contribution >= 4 is 6.09 Å². The molecule has 0 unspecified atom stereocenters. The van der Waals surface area contributed by atoms with Gasteiger partial charge < -0.3 is 15.2 Å². The highest BCUT2D eigenvalue weighted by molar-refractivity contribution is 5.68. The van der Waals surface area contributed by atoms with Gasteiger partial charge in [-0.1, -0.05) is 12.7 Å².